The summed E-state index contributed by atoms with van der Waals surface area (Å²) in [6.45, 7) is 0. The van der Waals surface area contributed by atoms with Crippen LogP contribution in [0.3, 0.4) is 0 Å². The average molecular weight is 1980 g/mol. The van der Waals surface area contributed by atoms with Crippen LogP contribution in [0.25, 0.3) is 69.8 Å². The molecule has 18 aromatic heterocycles. The maximum absolute atomic E-state index is 9.75. The third kappa shape index (κ3) is 44.9. The van der Waals surface area contributed by atoms with Gasteiger partial charge in [-0.3, -0.25) is 0 Å². The molecule has 63 heteroatoms. The van der Waals surface area contributed by atoms with Gasteiger partial charge in [-0.05, 0) is 146 Å². The van der Waals surface area contributed by atoms with Gasteiger partial charge in [0, 0.05) is 149 Å². The van der Waals surface area contributed by atoms with E-state index in [1.54, 1.807) is 131 Å². The minimum absolute atomic E-state index is 0. The monoisotopic (exact) mass is 1980 g/mol. The van der Waals surface area contributed by atoms with Gasteiger partial charge in [-0.2, -0.15) is 61.2 Å². The van der Waals surface area contributed by atoms with Crippen LogP contribution in [0.4, 0.5) is 104 Å². The minimum Gasteiger partial charge on any atom is -0.418 e. The summed E-state index contributed by atoms with van der Waals surface area (Å²) in [7, 11) is -36.0. The molecule has 30 nitrogen and oxygen atoms in total. The fourth-order valence-electron chi connectivity index (χ4n) is 8.86. The summed E-state index contributed by atoms with van der Waals surface area (Å²) in [6.07, 6.45) is 43.0. The van der Waals surface area contributed by atoms with Gasteiger partial charge in [-0.25, -0.2) is 86.1 Å². The van der Waals surface area contributed by atoms with E-state index >= 15 is 0 Å². The van der Waals surface area contributed by atoms with Crippen LogP contribution >= 0.6 is 0 Å². The van der Waals surface area contributed by atoms with E-state index in [1.165, 1.54) is 0 Å². The molecule has 687 valence electrons. The maximum Gasteiger partial charge on any atom is 2.00 e. The Morgan fingerprint density at radius 3 is 0.256 bits per heavy atom. The zero-order chi connectivity index (χ0) is 91.8. The van der Waals surface area contributed by atoms with Crippen molar-refractivity contribution in [2.24, 2.45) is 0 Å². The summed E-state index contributed by atoms with van der Waals surface area (Å²) < 4.78 is 255. The topological polar surface area (TPSA) is 291 Å². The molecule has 0 spiro atoms. The molecule has 0 atom stereocenters. The molecule has 0 saturated heterocycles. The van der Waals surface area contributed by atoms with E-state index in [1.807, 2.05) is 256 Å². The molecule has 0 aliphatic carbocycles. The van der Waals surface area contributed by atoms with Crippen LogP contribution in [0.15, 0.2) is 331 Å². The van der Waals surface area contributed by atoms with Crippen LogP contribution in [0.1, 0.15) is 0 Å². The van der Waals surface area contributed by atoms with Gasteiger partial charge in [0.2, 0.25) is 0 Å². The number of rotatable bonds is 12. The standard InChI is InChI=1S/6C11H9N5.6BF4.3Cu/c6*1-4-10(15-8-2-6-12-15)14-11(5-1)16-9-3-7-13-16;6*2-1(3,4)5;;;/h6*1-9H;;;;;;;;;/q;;;;;;6*-1;3*+2. The molecule has 0 fully saturated rings. The van der Waals surface area contributed by atoms with E-state index in [9.17, 15) is 104 Å². The first-order valence-electron chi connectivity index (χ1n) is 34.7. The van der Waals surface area contributed by atoms with Crippen LogP contribution in [0, 0.1) is 0 Å². The second-order valence-corrected chi connectivity index (χ2v) is 22.5. The van der Waals surface area contributed by atoms with E-state index in [0.29, 0.717) is 0 Å². The summed E-state index contributed by atoms with van der Waals surface area (Å²) in [5.41, 5.74) is 0. The van der Waals surface area contributed by atoms with Gasteiger partial charge in [-0.1, -0.05) is 36.4 Å². The van der Waals surface area contributed by atoms with Crippen molar-refractivity contribution in [2.45, 2.75) is 0 Å². The molecule has 18 aromatic rings. The molecule has 0 amide bonds. The fourth-order valence-corrected chi connectivity index (χ4v) is 8.86. The Hall–Kier alpha value is -14.3. The maximum atomic E-state index is 9.75. The van der Waals surface area contributed by atoms with E-state index < -0.39 is 43.5 Å². The Morgan fingerprint density at radius 1 is 0.132 bits per heavy atom. The molecule has 0 aromatic carbocycles. The van der Waals surface area contributed by atoms with Crippen LogP contribution in [0.2, 0.25) is 0 Å². The Labute approximate surface area is 742 Å². The van der Waals surface area contributed by atoms with Crippen molar-refractivity contribution in [3.63, 3.8) is 0 Å². The second-order valence-electron chi connectivity index (χ2n) is 22.5. The molecule has 0 bridgehead atoms. The van der Waals surface area contributed by atoms with Crippen LogP contribution in [-0.2, 0) is 51.2 Å². The van der Waals surface area contributed by atoms with Crippen molar-refractivity contribution < 1.29 is 155 Å². The quantitative estimate of drug-likeness (QED) is 0.0811. The third-order valence-corrected chi connectivity index (χ3v) is 13.2. The number of hydrogen-bond acceptors (Lipinski definition) is 18. The van der Waals surface area contributed by atoms with Crippen molar-refractivity contribution in [3.05, 3.63) is 331 Å². The van der Waals surface area contributed by atoms with Crippen LogP contribution in [0.5, 0.6) is 0 Å². The van der Waals surface area contributed by atoms with Crippen molar-refractivity contribution >= 4 is 43.5 Å². The van der Waals surface area contributed by atoms with Crippen molar-refractivity contribution in [2.75, 3.05) is 0 Å². The minimum atomic E-state index is -6.00. The van der Waals surface area contributed by atoms with Gasteiger partial charge in [0.05, 0.1) is 0 Å². The van der Waals surface area contributed by atoms with Crippen LogP contribution < -0.4 is 0 Å². The first-order chi connectivity index (χ1) is 59.6. The zero-order valence-corrected chi connectivity index (χ0v) is 66.9. The van der Waals surface area contributed by atoms with Crippen molar-refractivity contribution in [1.29, 1.82) is 0 Å². The summed E-state index contributed by atoms with van der Waals surface area (Å²) in [4.78, 5) is 26.8. The summed E-state index contributed by atoms with van der Waals surface area (Å²) >= 11 is 0. The number of hydrogen-bond donors (Lipinski definition) is 0. The molecular weight excluding hydrogens is 1920 g/mol. The number of aromatic nitrogens is 30. The average Bonchev–Trinajstić information content (AvgIpc) is 1.79. The molecule has 129 heavy (non-hydrogen) atoms. The van der Waals surface area contributed by atoms with E-state index in [-0.39, 0.29) is 51.2 Å². The SMILES string of the molecule is F[B-](F)(F)F.F[B-](F)(F)F.F[B-](F)(F)F.F[B-](F)(F)F.F[B-](F)(F)F.F[B-](F)(F)F.[Cu+2].[Cu+2].[Cu+2].c1cc(-n2cccn2)nc(-n2cccn2)c1.c1cc(-n2cccn2)nc(-n2cccn2)c1.c1cc(-n2cccn2)nc(-n2cccn2)c1.c1cc(-n2cccn2)nc(-n2cccn2)c1.c1cc(-n2cccn2)nc(-n2cccn2)c1.c1cc(-n2cccn2)nc(-n2cccn2)c1. The zero-order valence-electron chi connectivity index (χ0n) is 64.0. The number of pyridine rings is 6. The van der Waals surface area contributed by atoms with Gasteiger partial charge in [0.15, 0.2) is 69.8 Å². The molecule has 0 aliphatic rings. The van der Waals surface area contributed by atoms with E-state index in [4.69, 9.17) is 0 Å². The van der Waals surface area contributed by atoms with Gasteiger partial charge in [0.1, 0.15) is 0 Å². The molecule has 0 saturated carbocycles. The van der Waals surface area contributed by atoms with Crippen molar-refractivity contribution in [1.82, 2.24) is 147 Å². The fraction of sp³-hybridized carbons (Fsp3) is 0. The molecule has 18 rings (SSSR count). The second kappa shape index (κ2) is 52.6. The van der Waals surface area contributed by atoms with Gasteiger partial charge >= 0.3 is 94.7 Å². The predicted octanol–water partition coefficient (Wildman–Crippen LogP) is 16.5. The Bertz CT molecular complexity index is 4620. The summed E-state index contributed by atoms with van der Waals surface area (Å²) in [5, 5.41) is 49.6. The van der Waals surface area contributed by atoms with Gasteiger partial charge in [0.25, 0.3) is 0 Å². The Morgan fingerprint density at radius 2 is 0.202 bits per heavy atom. The molecule has 0 aliphatic heterocycles. The van der Waals surface area contributed by atoms with Crippen LogP contribution in [-0.4, -0.2) is 191 Å². The van der Waals surface area contributed by atoms with Gasteiger partial charge in [-0.15, -0.1) is 0 Å². The van der Waals surface area contributed by atoms with E-state index in [0.717, 1.165) is 69.8 Å². The summed E-state index contributed by atoms with van der Waals surface area (Å²) in [6, 6.07) is 56.8. The van der Waals surface area contributed by atoms with Gasteiger partial charge < -0.3 is 104 Å². The first kappa shape index (κ1) is 107. The third-order valence-electron chi connectivity index (χ3n) is 13.2. The van der Waals surface area contributed by atoms with Crippen molar-refractivity contribution in [3.8, 4) is 69.8 Å². The first-order valence-corrected chi connectivity index (χ1v) is 34.7. The molecular formula is C66H54B6Cu3F24N30. The molecule has 0 N–H and O–H groups in total. The van der Waals surface area contributed by atoms with E-state index in [2.05, 4.69) is 91.1 Å². The Balaban J connectivity index is 0.000000303. The largest absolute Gasteiger partial charge is 2.00 e. The smallest absolute Gasteiger partial charge is 0.418 e. The molecule has 0 unspecified atom stereocenters. The Kier molecular flexibility index (Phi) is 43.6. The predicted molar refractivity (Wildman–Crippen MR) is 412 cm³/mol. The summed E-state index contributed by atoms with van der Waals surface area (Å²) in [5.74, 6) is 9.31. The molecule has 18 heterocycles. The normalized spacial score (nSPS) is 10.6. The number of nitrogens with zero attached hydrogens (tertiary/aromatic N) is 30. The number of halogens is 24. The molecule has 3 radical (unpaired) electrons.